The van der Waals surface area contributed by atoms with E-state index in [0.717, 1.165) is 11.1 Å². The summed E-state index contributed by atoms with van der Waals surface area (Å²) in [5.41, 5.74) is 2.65. The lowest BCUT2D eigenvalue weighted by Gasteiger charge is -2.35. The second-order valence-corrected chi connectivity index (χ2v) is 13.1. The number of benzene rings is 4. The standard InChI is InChI=1S/C35H39ClN4O7S/c1-44-28-10-7-9-27(21-28)38-48(42,43)32-20-24(12-14-30(32)37-22-25-8-5-6-11-29(25)36)35(41)40-18-16-39(17-19-40)23-26-13-15-31(45-2)34(47-4)33(26)46-3/h5-15,20-21,37-38H,16-19,22-23H2,1-4H3. The van der Waals surface area contributed by atoms with Gasteiger partial charge in [-0.15, -0.1) is 0 Å². The van der Waals surface area contributed by atoms with Gasteiger partial charge in [-0.1, -0.05) is 41.9 Å². The van der Waals surface area contributed by atoms with Gasteiger partial charge in [0.1, 0.15) is 10.6 Å². The van der Waals surface area contributed by atoms with Crippen molar-refractivity contribution in [2.24, 2.45) is 0 Å². The van der Waals surface area contributed by atoms with Gasteiger partial charge in [-0.3, -0.25) is 14.4 Å². The van der Waals surface area contributed by atoms with Crippen molar-refractivity contribution < 1.29 is 32.2 Å². The molecule has 1 heterocycles. The highest BCUT2D eigenvalue weighted by molar-refractivity contribution is 7.92. The average molecular weight is 695 g/mol. The van der Waals surface area contributed by atoms with Gasteiger partial charge in [0, 0.05) is 61.5 Å². The number of anilines is 2. The smallest absolute Gasteiger partial charge is 0.263 e. The molecule has 13 heteroatoms. The fraction of sp³-hybridized carbons (Fsp3) is 0.286. The highest BCUT2D eigenvalue weighted by Crippen LogP contribution is 2.40. The monoisotopic (exact) mass is 694 g/mol. The van der Waals surface area contributed by atoms with E-state index in [2.05, 4.69) is 14.9 Å². The van der Waals surface area contributed by atoms with Crippen molar-refractivity contribution >= 4 is 38.9 Å². The van der Waals surface area contributed by atoms with Crippen LogP contribution in [0.25, 0.3) is 0 Å². The lowest BCUT2D eigenvalue weighted by atomic mass is 10.1. The largest absolute Gasteiger partial charge is 0.497 e. The van der Waals surface area contributed by atoms with Crippen molar-refractivity contribution in [3.05, 3.63) is 101 Å². The lowest BCUT2D eigenvalue weighted by molar-refractivity contribution is 0.0627. The Hall–Kier alpha value is -4.65. The number of carbonyl (C=O) groups is 1. The quantitative estimate of drug-likeness (QED) is 0.181. The number of sulfonamides is 1. The average Bonchev–Trinajstić information content (AvgIpc) is 3.10. The summed E-state index contributed by atoms with van der Waals surface area (Å²) in [7, 11) is 2.11. The molecule has 254 valence electrons. The number of halogens is 1. The van der Waals surface area contributed by atoms with E-state index in [4.69, 9.17) is 30.5 Å². The first kappa shape index (κ1) is 34.7. The number of amides is 1. The first-order valence-corrected chi connectivity index (χ1v) is 17.1. The number of nitrogens with one attached hydrogen (secondary N) is 2. The summed E-state index contributed by atoms with van der Waals surface area (Å²) in [4.78, 5) is 17.7. The number of hydrogen-bond donors (Lipinski definition) is 2. The first-order chi connectivity index (χ1) is 23.2. The van der Waals surface area contributed by atoms with Gasteiger partial charge in [-0.05, 0) is 48.0 Å². The molecule has 4 aromatic carbocycles. The Morgan fingerprint density at radius 1 is 0.792 bits per heavy atom. The Balaban J connectivity index is 1.35. The SMILES string of the molecule is COc1cccc(NS(=O)(=O)c2cc(C(=O)N3CCN(Cc4ccc(OC)c(OC)c4OC)CC3)ccc2NCc2ccccc2Cl)c1. The van der Waals surface area contributed by atoms with E-state index < -0.39 is 10.0 Å². The maximum Gasteiger partial charge on any atom is 0.263 e. The van der Waals surface area contributed by atoms with Crippen LogP contribution in [0.2, 0.25) is 5.02 Å². The molecule has 1 aliphatic rings. The van der Waals surface area contributed by atoms with Gasteiger partial charge in [0.2, 0.25) is 5.75 Å². The van der Waals surface area contributed by atoms with Crippen LogP contribution in [-0.4, -0.2) is 78.7 Å². The van der Waals surface area contributed by atoms with E-state index in [0.29, 0.717) is 72.1 Å². The van der Waals surface area contributed by atoms with E-state index in [1.165, 1.54) is 13.2 Å². The predicted molar refractivity (Wildman–Crippen MR) is 186 cm³/mol. The van der Waals surface area contributed by atoms with Crippen LogP contribution < -0.4 is 29.0 Å². The van der Waals surface area contributed by atoms with Crippen LogP contribution in [0.1, 0.15) is 21.5 Å². The molecular formula is C35H39ClN4O7S. The molecule has 0 bridgehead atoms. The minimum absolute atomic E-state index is 0.0672. The fourth-order valence-corrected chi connectivity index (χ4v) is 7.03. The summed E-state index contributed by atoms with van der Waals surface area (Å²) in [5.74, 6) is 1.96. The summed E-state index contributed by atoms with van der Waals surface area (Å²) in [5, 5.41) is 3.75. The van der Waals surface area contributed by atoms with E-state index in [1.54, 1.807) is 68.7 Å². The highest BCUT2D eigenvalue weighted by Gasteiger charge is 2.27. The number of piperazine rings is 1. The normalized spacial score (nSPS) is 13.5. The van der Waals surface area contributed by atoms with Gasteiger partial charge in [0.25, 0.3) is 15.9 Å². The van der Waals surface area contributed by atoms with Crippen molar-refractivity contribution in [1.29, 1.82) is 0 Å². The number of hydrogen-bond acceptors (Lipinski definition) is 9. The van der Waals surface area contributed by atoms with Crippen molar-refractivity contribution in [2.75, 3.05) is 64.7 Å². The van der Waals surface area contributed by atoms with E-state index in [1.807, 2.05) is 30.3 Å². The van der Waals surface area contributed by atoms with Crippen LogP contribution in [0.3, 0.4) is 0 Å². The molecule has 0 spiro atoms. The van der Waals surface area contributed by atoms with Gasteiger partial charge in [0.15, 0.2) is 11.5 Å². The zero-order valence-corrected chi connectivity index (χ0v) is 28.9. The Kier molecular flexibility index (Phi) is 11.2. The van der Waals surface area contributed by atoms with Crippen LogP contribution in [0.5, 0.6) is 23.0 Å². The van der Waals surface area contributed by atoms with E-state index in [9.17, 15) is 13.2 Å². The number of methoxy groups -OCH3 is 4. The van der Waals surface area contributed by atoms with Crippen molar-refractivity contribution in [3.8, 4) is 23.0 Å². The van der Waals surface area contributed by atoms with Crippen molar-refractivity contribution in [1.82, 2.24) is 9.80 Å². The van der Waals surface area contributed by atoms with Gasteiger partial charge < -0.3 is 29.2 Å². The molecule has 0 atom stereocenters. The molecule has 2 N–H and O–H groups in total. The van der Waals surface area contributed by atoms with Crippen LogP contribution >= 0.6 is 11.6 Å². The second-order valence-electron chi connectivity index (χ2n) is 11.1. The summed E-state index contributed by atoms with van der Waals surface area (Å²) in [6.45, 7) is 3.03. The molecule has 1 amide bonds. The lowest BCUT2D eigenvalue weighted by Crippen LogP contribution is -2.48. The van der Waals surface area contributed by atoms with Crippen LogP contribution in [0.4, 0.5) is 11.4 Å². The number of carbonyl (C=O) groups excluding carboxylic acids is 1. The van der Waals surface area contributed by atoms with Crippen LogP contribution in [0.15, 0.2) is 83.8 Å². The minimum atomic E-state index is -4.14. The number of rotatable bonds is 13. The molecule has 1 saturated heterocycles. The highest BCUT2D eigenvalue weighted by atomic mass is 35.5. The molecule has 0 aliphatic carbocycles. The molecule has 0 radical (unpaired) electrons. The summed E-state index contributed by atoms with van der Waals surface area (Å²) in [6.07, 6.45) is 0. The van der Waals surface area contributed by atoms with Crippen LogP contribution in [0, 0.1) is 0 Å². The third-order valence-corrected chi connectivity index (χ3v) is 9.90. The van der Waals surface area contributed by atoms with Gasteiger partial charge >= 0.3 is 0 Å². The first-order valence-electron chi connectivity index (χ1n) is 15.2. The van der Waals surface area contributed by atoms with Gasteiger partial charge in [-0.25, -0.2) is 8.42 Å². The Morgan fingerprint density at radius 2 is 1.54 bits per heavy atom. The maximum atomic E-state index is 13.8. The number of ether oxygens (including phenoxy) is 4. The van der Waals surface area contributed by atoms with Crippen molar-refractivity contribution in [3.63, 3.8) is 0 Å². The van der Waals surface area contributed by atoms with Gasteiger partial charge in [0.05, 0.1) is 39.8 Å². The molecule has 0 unspecified atom stereocenters. The van der Waals surface area contributed by atoms with E-state index in [-0.39, 0.29) is 22.9 Å². The van der Waals surface area contributed by atoms with Gasteiger partial charge in [-0.2, -0.15) is 0 Å². The molecule has 1 fully saturated rings. The summed E-state index contributed by atoms with van der Waals surface area (Å²) < 4.78 is 52.1. The Morgan fingerprint density at radius 3 is 2.23 bits per heavy atom. The zero-order chi connectivity index (χ0) is 34.3. The molecule has 48 heavy (non-hydrogen) atoms. The predicted octanol–water partition coefficient (Wildman–Crippen LogP) is 5.75. The zero-order valence-electron chi connectivity index (χ0n) is 27.3. The third kappa shape index (κ3) is 7.89. The molecule has 1 aliphatic heterocycles. The molecule has 0 saturated carbocycles. The molecule has 11 nitrogen and oxygen atoms in total. The molecular weight excluding hydrogens is 656 g/mol. The second kappa shape index (κ2) is 15.5. The minimum Gasteiger partial charge on any atom is -0.497 e. The molecule has 5 rings (SSSR count). The van der Waals surface area contributed by atoms with Crippen LogP contribution in [-0.2, 0) is 23.1 Å². The van der Waals surface area contributed by atoms with Crippen molar-refractivity contribution in [2.45, 2.75) is 18.0 Å². The summed E-state index contributed by atoms with van der Waals surface area (Å²) in [6, 6.07) is 22.4. The maximum absolute atomic E-state index is 13.8. The summed E-state index contributed by atoms with van der Waals surface area (Å²) >= 11 is 6.35. The topological polar surface area (TPSA) is 119 Å². The Labute approximate surface area is 286 Å². The fourth-order valence-electron chi connectivity index (χ4n) is 5.57. The van der Waals surface area contributed by atoms with E-state index >= 15 is 0 Å². The number of nitrogens with zero attached hydrogens (tertiary/aromatic N) is 2. The molecule has 4 aromatic rings. The Bertz CT molecular complexity index is 1860. The molecule has 0 aromatic heterocycles. The third-order valence-electron chi connectivity index (χ3n) is 8.11.